The number of aldehydes is 1. The summed E-state index contributed by atoms with van der Waals surface area (Å²) in [5, 5.41) is 2.77. The van der Waals surface area contributed by atoms with Crippen molar-refractivity contribution in [2.45, 2.75) is 26.2 Å². The SMILES string of the molecule is CCCC(=O)NCCOCCOCCOCCOCCC=O. The molecular formula is C15H29NO6. The first-order valence-electron chi connectivity index (χ1n) is 7.82. The second-order valence-electron chi connectivity index (χ2n) is 4.50. The minimum absolute atomic E-state index is 0.0645. The van der Waals surface area contributed by atoms with E-state index < -0.39 is 0 Å². The van der Waals surface area contributed by atoms with Crippen molar-refractivity contribution in [2.75, 3.05) is 59.4 Å². The number of amides is 1. The summed E-state index contributed by atoms with van der Waals surface area (Å²) in [4.78, 5) is 21.2. The predicted molar refractivity (Wildman–Crippen MR) is 81.9 cm³/mol. The molecule has 22 heavy (non-hydrogen) atoms. The summed E-state index contributed by atoms with van der Waals surface area (Å²) in [5.74, 6) is 0.0645. The van der Waals surface area contributed by atoms with Crippen molar-refractivity contribution in [3.05, 3.63) is 0 Å². The third kappa shape index (κ3) is 17.0. The van der Waals surface area contributed by atoms with Gasteiger partial charge in [0.1, 0.15) is 6.29 Å². The zero-order valence-electron chi connectivity index (χ0n) is 13.5. The molecule has 0 aliphatic carbocycles. The van der Waals surface area contributed by atoms with Gasteiger partial charge in [-0.1, -0.05) is 6.92 Å². The lowest BCUT2D eigenvalue weighted by atomic mass is 10.3. The van der Waals surface area contributed by atoms with Gasteiger partial charge in [-0.2, -0.15) is 0 Å². The van der Waals surface area contributed by atoms with Crippen LogP contribution in [0, 0.1) is 0 Å². The summed E-state index contributed by atoms with van der Waals surface area (Å²) in [6.07, 6.45) is 2.67. The molecule has 1 N–H and O–H groups in total. The number of carbonyl (C=O) groups excluding carboxylic acids is 2. The number of rotatable bonds is 17. The van der Waals surface area contributed by atoms with Crippen molar-refractivity contribution in [2.24, 2.45) is 0 Å². The fraction of sp³-hybridized carbons (Fsp3) is 0.867. The lowest BCUT2D eigenvalue weighted by Crippen LogP contribution is -2.27. The van der Waals surface area contributed by atoms with Crippen molar-refractivity contribution in [3.8, 4) is 0 Å². The Morgan fingerprint density at radius 2 is 1.36 bits per heavy atom. The fourth-order valence-electron chi connectivity index (χ4n) is 1.47. The van der Waals surface area contributed by atoms with E-state index in [2.05, 4.69) is 5.32 Å². The Kier molecular flexibility index (Phi) is 17.2. The number of ether oxygens (including phenoxy) is 4. The zero-order chi connectivity index (χ0) is 16.3. The summed E-state index contributed by atoms with van der Waals surface area (Å²) in [7, 11) is 0. The van der Waals surface area contributed by atoms with E-state index in [1.807, 2.05) is 6.92 Å². The Bertz CT molecular complexity index is 262. The maximum absolute atomic E-state index is 11.1. The first-order valence-corrected chi connectivity index (χ1v) is 7.82. The molecule has 0 unspecified atom stereocenters. The van der Waals surface area contributed by atoms with E-state index in [0.717, 1.165) is 12.7 Å². The molecule has 0 aromatic rings. The maximum Gasteiger partial charge on any atom is 0.220 e. The van der Waals surface area contributed by atoms with Gasteiger partial charge < -0.3 is 29.1 Å². The lowest BCUT2D eigenvalue weighted by Gasteiger charge is -2.07. The smallest absolute Gasteiger partial charge is 0.220 e. The second-order valence-corrected chi connectivity index (χ2v) is 4.50. The molecule has 7 heteroatoms. The first-order chi connectivity index (χ1) is 10.8. The van der Waals surface area contributed by atoms with Gasteiger partial charge in [-0.05, 0) is 6.42 Å². The molecular weight excluding hydrogens is 290 g/mol. The van der Waals surface area contributed by atoms with E-state index >= 15 is 0 Å². The predicted octanol–water partition coefficient (Wildman–Crippen LogP) is 0.558. The number of carbonyl (C=O) groups is 2. The molecule has 7 nitrogen and oxygen atoms in total. The quantitative estimate of drug-likeness (QED) is 0.311. The molecule has 0 aromatic carbocycles. The summed E-state index contributed by atoms with van der Waals surface area (Å²) in [6.45, 7) is 6.43. The Morgan fingerprint density at radius 1 is 0.864 bits per heavy atom. The van der Waals surface area contributed by atoms with Gasteiger partial charge in [0.2, 0.25) is 5.91 Å². The Labute approximate surface area is 132 Å². The van der Waals surface area contributed by atoms with E-state index in [9.17, 15) is 9.59 Å². The molecule has 1 amide bonds. The highest BCUT2D eigenvalue weighted by atomic mass is 16.6. The van der Waals surface area contributed by atoms with Gasteiger partial charge >= 0.3 is 0 Å². The van der Waals surface area contributed by atoms with Crippen LogP contribution in [0.4, 0.5) is 0 Å². The van der Waals surface area contributed by atoms with E-state index in [4.69, 9.17) is 18.9 Å². The van der Waals surface area contributed by atoms with Crippen molar-refractivity contribution < 1.29 is 28.5 Å². The summed E-state index contributed by atoms with van der Waals surface area (Å²) >= 11 is 0. The Balaban J connectivity index is 3.02. The first kappa shape index (κ1) is 21.0. The number of hydrogen-bond acceptors (Lipinski definition) is 6. The van der Waals surface area contributed by atoms with Gasteiger partial charge in [0.25, 0.3) is 0 Å². The van der Waals surface area contributed by atoms with Crippen molar-refractivity contribution >= 4 is 12.2 Å². The Morgan fingerprint density at radius 3 is 1.86 bits per heavy atom. The van der Waals surface area contributed by atoms with Crippen LogP contribution in [0.15, 0.2) is 0 Å². The van der Waals surface area contributed by atoms with E-state index in [-0.39, 0.29) is 5.91 Å². The van der Waals surface area contributed by atoms with Crippen molar-refractivity contribution in [1.29, 1.82) is 0 Å². The Hall–Kier alpha value is -1.02. The molecule has 0 aliphatic heterocycles. The third-order valence-corrected chi connectivity index (χ3v) is 2.54. The fourth-order valence-corrected chi connectivity index (χ4v) is 1.47. The van der Waals surface area contributed by atoms with Crippen LogP contribution in [0.5, 0.6) is 0 Å². The van der Waals surface area contributed by atoms with Crippen LogP contribution in [0.1, 0.15) is 26.2 Å². The molecule has 0 heterocycles. The van der Waals surface area contributed by atoms with Crippen LogP contribution in [0.3, 0.4) is 0 Å². The van der Waals surface area contributed by atoms with Crippen LogP contribution in [0.25, 0.3) is 0 Å². The highest BCUT2D eigenvalue weighted by Crippen LogP contribution is 1.86. The molecule has 0 bridgehead atoms. The molecule has 0 rings (SSSR count). The number of nitrogens with one attached hydrogen (secondary N) is 1. The van der Waals surface area contributed by atoms with Gasteiger partial charge in [-0.3, -0.25) is 4.79 Å². The number of hydrogen-bond donors (Lipinski definition) is 1. The van der Waals surface area contributed by atoms with Gasteiger partial charge in [0.15, 0.2) is 0 Å². The van der Waals surface area contributed by atoms with Crippen LogP contribution >= 0.6 is 0 Å². The van der Waals surface area contributed by atoms with Gasteiger partial charge in [0.05, 0.1) is 52.9 Å². The summed E-state index contributed by atoms with van der Waals surface area (Å²) < 4.78 is 21.1. The van der Waals surface area contributed by atoms with Crippen LogP contribution in [0.2, 0.25) is 0 Å². The topological polar surface area (TPSA) is 83.1 Å². The van der Waals surface area contributed by atoms with Crippen LogP contribution < -0.4 is 5.32 Å². The average molecular weight is 319 g/mol. The highest BCUT2D eigenvalue weighted by molar-refractivity contribution is 5.75. The molecule has 0 aromatic heterocycles. The van der Waals surface area contributed by atoms with Crippen LogP contribution in [-0.4, -0.2) is 71.6 Å². The van der Waals surface area contributed by atoms with E-state index in [0.29, 0.717) is 72.2 Å². The van der Waals surface area contributed by atoms with Crippen molar-refractivity contribution in [3.63, 3.8) is 0 Å². The standard InChI is InChI=1S/C15H29NO6/c1-2-4-15(18)16-5-8-20-10-12-22-14-13-21-11-9-19-7-3-6-17/h6H,2-5,7-14H2,1H3,(H,16,18). The van der Waals surface area contributed by atoms with Crippen molar-refractivity contribution in [1.82, 2.24) is 5.32 Å². The van der Waals surface area contributed by atoms with Gasteiger partial charge in [-0.15, -0.1) is 0 Å². The van der Waals surface area contributed by atoms with Crippen LogP contribution in [-0.2, 0) is 28.5 Å². The molecule has 0 aliphatic rings. The molecule has 0 radical (unpaired) electrons. The molecule has 0 spiro atoms. The maximum atomic E-state index is 11.1. The molecule has 0 atom stereocenters. The average Bonchev–Trinajstić information content (AvgIpc) is 2.51. The normalized spacial score (nSPS) is 10.6. The minimum atomic E-state index is 0.0645. The largest absolute Gasteiger partial charge is 0.379 e. The molecule has 0 saturated heterocycles. The molecule has 0 saturated carbocycles. The molecule has 0 fully saturated rings. The highest BCUT2D eigenvalue weighted by Gasteiger charge is 1.97. The molecule has 130 valence electrons. The van der Waals surface area contributed by atoms with Gasteiger partial charge in [-0.25, -0.2) is 0 Å². The third-order valence-electron chi connectivity index (χ3n) is 2.54. The monoisotopic (exact) mass is 319 g/mol. The lowest BCUT2D eigenvalue weighted by molar-refractivity contribution is -0.121. The van der Waals surface area contributed by atoms with E-state index in [1.54, 1.807) is 0 Å². The zero-order valence-corrected chi connectivity index (χ0v) is 13.5. The van der Waals surface area contributed by atoms with Gasteiger partial charge in [0, 0.05) is 19.4 Å². The van der Waals surface area contributed by atoms with E-state index in [1.165, 1.54) is 0 Å². The summed E-state index contributed by atoms with van der Waals surface area (Å²) in [6, 6.07) is 0. The second kappa shape index (κ2) is 18.0. The minimum Gasteiger partial charge on any atom is -0.379 e. The summed E-state index contributed by atoms with van der Waals surface area (Å²) in [5.41, 5.74) is 0.